The summed E-state index contributed by atoms with van der Waals surface area (Å²) in [5.41, 5.74) is -0.416. The van der Waals surface area contributed by atoms with Gasteiger partial charge in [-0.05, 0) is 32.9 Å². The lowest BCUT2D eigenvalue weighted by molar-refractivity contribution is 0.218. The Hall–Kier alpha value is -1.12. The number of benzene rings is 1. The molecule has 5 heteroatoms. The van der Waals surface area contributed by atoms with E-state index >= 15 is 0 Å². The second kappa shape index (κ2) is 6.72. The topological polar surface area (TPSA) is 46.6 Å². The molecule has 0 radical (unpaired) electrons. The van der Waals surface area contributed by atoms with E-state index in [2.05, 4.69) is 0 Å². The molecule has 0 saturated carbocycles. The Labute approximate surface area is 108 Å². The van der Waals surface area contributed by atoms with Crippen molar-refractivity contribution < 1.29 is 13.9 Å². The van der Waals surface area contributed by atoms with Crippen molar-refractivity contribution in [1.29, 1.82) is 0 Å². The molecule has 0 aliphatic carbocycles. The van der Waals surface area contributed by atoms with Gasteiger partial charge in [0, 0.05) is 18.4 Å². The summed E-state index contributed by atoms with van der Waals surface area (Å²) in [6.45, 7) is 6.77. The van der Waals surface area contributed by atoms with E-state index in [9.17, 15) is 9.36 Å². The first-order valence-corrected chi connectivity index (χ1v) is 7.82. The molecule has 100 valence electrons. The van der Waals surface area contributed by atoms with Crippen molar-refractivity contribution in [3.8, 4) is 0 Å². The van der Waals surface area contributed by atoms with Crippen LogP contribution in [0.1, 0.15) is 20.8 Å². The van der Waals surface area contributed by atoms with Crippen molar-refractivity contribution in [1.82, 2.24) is 4.90 Å². The molecule has 0 N–H and O–H groups in total. The molecule has 1 aromatic carbocycles. The Morgan fingerprint density at radius 1 is 1.17 bits per heavy atom. The minimum absolute atomic E-state index is 0.249. The maximum Gasteiger partial charge on any atom is 0.317 e. The summed E-state index contributed by atoms with van der Waals surface area (Å²) in [5.74, 6) is 0. The van der Waals surface area contributed by atoms with Crippen LogP contribution in [0.15, 0.2) is 30.3 Å². The van der Waals surface area contributed by atoms with Gasteiger partial charge < -0.3 is 9.42 Å². The van der Waals surface area contributed by atoms with Crippen LogP contribution in [0, 0.1) is 0 Å². The first-order valence-electron chi connectivity index (χ1n) is 6.19. The molecule has 0 spiro atoms. The summed E-state index contributed by atoms with van der Waals surface area (Å²) in [6.07, 6.45) is 0. The molecule has 0 aliphatic rings. The van der Waals surface area contributed by atoms with Crippen LogP contribution in [0.2, 0.25) is 0 Å². The highest BCUT2D eigenvalue weighted by atomic mass is 31.2. The van der Waals surface area contributed by atoms with E-state index < -0.39 is 13.0 Å². The molecule has 0 fully saturated rings. The van der Waals surface area contributed by atoms with Crippen LogP contribution >= 0.6 is 7.37 Å². The zero-order valence-corrected chi connectivity index (χ0v) is 12.0. The second-order valence-electron chi connectivity index (χ2n) is 3.76. The van der Waals surface area contributed by atoms with Gasteiger partial charge in [-0.15, -0.1) is 0 Å². The molecular formula is C13H20NO3P. The molecular weight excluding hydrogens is 249 g/mol. The van der Waals surface area contributed by atoms with Crippen LogP contribution in [-0.4, -0.2) is 30.2 Å². The number of nitrogens with zero attached hydrogens (tertiary/aromatic N) is 1. The highest BCUT2D eigenvalue weighted by molar-refractivity contribution is 7.82. The van der Waals surface area contributed by atoms with Crippen molar-refractivity contribution >= 4 is 18.3 Å². The summed E-state index contributed by atoms with van der Waals surface area (Å²) < 4.78 is 18.2. The van der Waals surface area contributed by atoms with E-state index in [-0.39, 0.29) is 6.61 Å². The Bertz CT molecular complexity index is 429. The molecule has 1 unspecified atom stereocenters. The molecule has 18 heavy (non-hydrogen) atoms. The third kappa shape index (κ3) is 3.01. The van der Waals surface area contributed by atoms with Gasteiger partial charge in [0.1, 0.15) is 0 Å². The summed E-state index contributed by atoms with van der Waals surface area (Å²) in [7, 11) is -3.46. The predicted molar refractivity (Wildman–Crippen MR) is 73.6 cm³/mol. The lowest BCUT2D eigenvalue weighted by Gasteiger charge is -2.24. The first kappa shape index (κ1) is 14.9. The van der Waals surface area contributed by atoms with E-state index in [1.807, 2.05) is 19.9 Å². The van der Waals surface area contributed by atoms with Gasteiger partial charge in [0.25, 0.3) is 0 Å². The van der Waals surface area contributed by atoms with Crippen LogP contribution in [0.25, 0.3) is 0 Å². The normalized spacial score (nSPS) is 13.9. The fraction of sp³-hybridized carbons (Fsp3) is 0.462. The Morgan fingerprint density at radius 3 is 2.17 bits per heavy atom. The third-order valence-electron chi connectivity index (χ3n) is 2.69. The third-order valence-corrected chi connectivity index (χ3v) is 5.08. The summed E-state index contributed by atoms with van der Waals surface area (Å²) in [4.78, 5) is 13.9. The number of carbonyl (C=O) groups excluding carboxylic acids is 1. The maximum atomic E-state index is 12.9. The van der Waals surface area contributed by atoms with Gasteiger partial charge in [-0.3, -0.25) is 9.36 Å². The molecule has 0 heterocycles. The molecule has 1 amide bonds. The average molecular weight is 269 g/mol. The van der Waals surface area contributed by atoms with Crippen LogP contribution < -0.4 is 5.30 Å². The van der Waals surface area contributed by atoms with Gasteiger partial charge in [0.15, 0.2) is 0 Å². The van der Waals surface area contributed by atoms with Crippen LogP contribution in [0.4, 0.5) is 4.79 Å². The van der Waals surface area contributed by atoms with Crippen molar-refractivity contribution in [2.24, 2.45) is 0 Å². The van der Waals surface area contributed by atoms with E-state index in [0.717, 1.165) is 0 Å². The first-order chi connectivity index (χ1) is 8.60. The standard InChI is InChI=1S/C13H20NO3P/c1-4-14(5-2)13(15)18(16,17-6-3)12-10-8-7-9-11-12/h7-11H,4-6H2,1-3H3. The maximum absolute atomic E-state index is 12.9. The van der Waals surface area contributed by atoms with Crippen molar-refractivity contribution in [2.75, 3.05) is 19.7 Å². The summed E-state index contributed by atoms with van der Waals surface area (Å²) >= 11 is 0. The smallest absolute Gasteiger partial charge is 0.317 e. The molecule has 4 nitrogen and oxygen atoms in total. The van der Waals surface area contributed by atoms with Crippen LogP contribution in [-0.2, 0) is 9.09 Å². The van der Waals surface area contributed by atoms with Crippen molar-refractivity contribution in [3.63, 3.8) is 0 Å². The van der Waals surface area contributed by atoms with Crippen LogP contribution in [0.3, 0.4) is 0 Å². The van der Waals surface area contributed by atoms with Gasteiger partial charge in [-0.1, -0.05) is 18.2 Å². The van der Waals surface area contributed by atoms with E-state index in [4.69, 9.17) is 4.52 Å². The van der Waals surface area contributed by atoms with E-state index in [0.29, 0.717) is 18.4 Å². The Kier molecular flexibility index (Phi) is 5.57. The molecule has 1 aromatic rings. The molecule has 0 bridgehead atoms. The summed E-state index contributed by atoms with van der Waals surface area (Å²) in [6, 6.07) is 8.70. The monoisotopic (exact) mass is 269 g/mol. The van der Waals surface area contributed by atoms with Gasteiger partial charge in [-0.25, -0.2) is 0 Å². The predicted octanol–water partition coefficient (Wildman–Crippen LogP) is 3.09. The SMILES string of the molecule is CCOP(=O)(C(=O)N(CC)CC)c1ccccc1. The number of carbonyl (C=O) groups is 1. The summed E-state index contributed by atoms with van der Waals surface area (Å²) in [5, 5.41) is 0.462. The molecule has 0 aromatic heterocycles. The van der Waals surface area contributed by atoms with Gasteiger partial charge >= 0.3 is 13.0 Å². The quantitative estimate of drug-likeness (QED) is 0.745. The van der Waals surface area contributed by atoms with E-state index in [1.54, 1.807) is 36.1 Å². The number of rotatable bonds is 6. The Balaban J connectivity index is 3.16. The largest absolute Gasteiger partial charge is 0.335 e. The number of amides is 1. The van der Waals surface area contributed by atoms with Gasteiger partial charge in [0.2, 0.25) is 0 Å². The average Bonchev–Trinajstić information content (AvgIpc) is 2.41. The highest BCUT2D eigenvalue weighted by Crippen LogP contribution is 2.48. The lowest BCUT2D eigenvalue weighted by Crippen LogP contribution is -2.32. The zero-order valence-electron chi connectivity index (χ0n) is 11.1. The minimum atomic E-state index is -3.46. The number of hydrogen-bond acceptors (Lipinski definition) is 3. The highest BCUT2D eigenvalue weighted by Gasteiger charge is 2.37. The lowest BCUT2D eigenvalue weighted by atomic mass is 10.4. The zero-order chi connectivity index (χ0) is 13.6. The van der Waals surface area contributed by atoms with Crippen molar-refractivity contribution in [2.45, 2.75) is 20.8 Å². The minimum Gasteiger partial charge on any atom is -0.335 e. The second-order valence-corrected chi connectivity index (χ2v) is 6.02. The molecule has 0 saturated heterocycles. The number of hydrogen-bond donors (Lipinski definition) is 0. The fourth-order valence-electron chi connectivity index (χ4n) is 1.73. The van der Waals surface area contributed by atoms with Crippen molar-refractivity contribution in [3.05, 3.63) is 30.3 Å². The van der Waals surface area contributed by atoms with Gasteiger partial charge in [0.05, 0.1) is 6.61 Å². The Morgan fingerprint density at radius 2 is 1.72 bits per heavy atom. The van der Waals surface area contributed by atoms with Crippen LogP contribution in [0.5, 0.6) is 0 Å². The molecule has 0 aliphatic heterocycles. The van der Waals surface area contributed by atoms with E-state index in [1.165, 1.54) is 0 Å². The van der Waals surface area contributed by atoms with Gasteiger partial charge in [-0.2, -0.15) is 0 Å². The fourth-order valence-corrected chi connectivity index (χ4v) is 3.79. The molecule has 1 atom stereocenters. The molecule has 1 rings (SSSR count).